The van der Waals surface area contributed by atoms with Crippen molar-refractivity contribution in [3.63, 3.8) is 0 Å². The summed E-state index contributed by atoms with van der Waals surface area (Å²) in [4.78, 5) is 4.17. The lowest BCUT2D eigenvalue weighted by molar-refractivity contribution is 0.162. The number of rotatable bonds is 2. The van der Waals surface area contributed by atoms with Gasteiger partial charge in [0.15, 0.2) is 5.11 Å². The number of aliphatic imine (C=N–C) groups is 1. The Hall–Kier alpha value is -1.26. The second-order valence-electron chi connectivity index (χ2n) is 3.63. The highest BCUT2D eigenvalue weighted by molar-refractivity contribution is 7.80. The fourth-order valence-electron chi connectivity index (χ4n) is 1.55. The zero-order chi connectivity index (χ0) is 11.2. The zero-order valence-electron chi connectivity index (χ0n) is 8.93. The Balaban J connectivity index is 1.84. The molecule has 1 aromatic carbocycles. The Labute approximate surface area is 101 Å². The molecule has 0 radical (unpaired) electrons. The van der Waals surface area contributed by atoms with Crippen LogP contribution in [0.2, 0.25) is 0 Å². The molecule has 1 unspecified atom stereocenters. The second kappa shape index (κ2) is 5.72. The number of nitrogens with one attached hydrogen (secondary N) is 1. The molecule has 1 aliphatic rings. The second-order valence-corrected chi connectivity index (χ2v) is 4.01. The van der Waals surface area contributed by atoms with Crippen molar-refractivity contribution in [1.82, 2.24) is 0 Å². The Morgan fingerprint density at radius 3 is 2.94 bits per heavy atom. The van der Waals surface area contributed by atoms with Gasteiger partial charge in [-0.1, -0.05) is 18.2 Å². The van der Waals surface area contributed by atoms with Gasteiger partial charge >= 0.3 is 0 Å². The first-order chi connectivity index (χ1) is 7.84. The number of anilines is 1. The molecule has 1 aromatic rings. The summed E-state index contributed by atoms with van der Waals surface area (Å²) in [5.74, 6) is 0. The van der Waals surface area contributed by atoms with Gasteiger partial charge in [0.2, 0.25) is 0 Å². The van der Waals surface area contributed by atoms with Crippen molar-refractivity contribution < 1.29 is 4.74 Å². The van der Waals surface area contributed by atoms with Crippen LogP contribution in [0.5, 0.6) is 0 Å². The van der Waals surface area contributed by atoms with Crippen molar-refractivity contribution in [3.8, 4) is 0 Å². The highest BCUT2D eigenvalue weighted by Gasteiger charge is 2.12. The van der Waals surface area contributed by atoms with E-state index in [1.807, 2.05) is 30.3 Å². The van der Waals surface area contributed by atoms with Gasteiger partial charge in [-0.2, -0.15) is 0 Å². The standard InChI is InChI=1S/C12H14N2OS/c16-12(13-9-11-7-4-8-15-11)14-10-5-2-1-3-6-10/h1-3,5-6,9,11H,4,7-8H2,(H,14,16). The van der Waals surface area contributed by atoms with Crippen LogP contribution in [0.25, 0.3) is 0 Å². The molecular formula is C12H14N2OS. The Bertz CT molecular complexity index is 372. The smallest absolute Gasteiger partial charge is 0.196 e. The molecule has 3 nitrogen and oxygen atoms in total. The summed E-state index contributed by atoms with van der Waals surface area (Å²) in [6.45, 7) is 0.829. The van der Waals surface area contributed by atoms with Crippen molar-refractivity contribution in [2.24, 2.45) is 4.99 Å². The van der Waals surface area contributed by atoms with Crippen molar-refractivity contribution in [3.05, 3.63) is 30.3 Å². The summed E-state index contributed by atoms with van der Waals surface area (Å²) in [5, 5.41) is 3.52. The Kier molecular flexibility index (Phi) is 4.02. The number of thiocarbonyl (C=S) groups is 1. The van der Waals surface area contributed by atoms with E-state index in [-0.39, 0.29) is 6.10 Å². The van der Waals surface area contributed by atoms with Crippen LogP contribution in [0.4, 0.5) is 5.69 Å². The molecule has 0 bridgehead atoms. The number of ether oxygens (including phenoxy) is 1. The van der Waals surface area contributed by atoms with E-state index in [9.17, 15) is 0 Å². The van der Waals surface area contributed by atoms with Crippen LogP contribution in [-0.4, -0.2) is 24.0 Å². The molecule has 0 aromatic heterocycles. The molecule has 1 heterocycles. The largest absolute Gasteiger partial charge is 0.373 e. The molecule has 4 heteroatoms. The van der Waals surface area contributed by atoms with Crippen LogP contribution in [0.1, 0.15) is 12.8 Å². The molecule has 0 saturated carbocycles. The minimum Gasteiger partial charge on any atom is -0.373 e. The highest BCUT2D eigenvalue weighted by Crippen LogP contribution is 2.10. The van der Waals surface area contributed by atoms with E-state index < -0.39 is 0 Å². The van der Waals surface area contributed by atoms with Crippen LogP contribution in [0.3, 0.4) is 0 Å². The molecular weight excluding hydrogens is 220 g/mol. The molecule has 16 heavy (non-hydrogen) atoms. The lowest BCUT2D eigenvalue weighted by Gasteiger charge is -2.04. The maximum absolute atomic E-state index is 5.42. The maximum atomic E-state index is 5.42. The minimum absolute atomic E-state index is 0.135. The summed E-state index contributed by atoms with van der Waals surface area (Å²) >= 11 is 5.11. The van der Waals surface area contributed by atoms with E-state index in [1.165, 1.54) is 0 Å². The van der Waals surface area contributed by atoms with E-state index in [4.69, 9.17) is 17.0 Å². The quantitative estimate of drug-likeness (QED) is 0.631. The topological polar surface area (TPSA) is 33.6 Å². The lowest BCUT2D eigenvalue weighted by atomic mass is 10.3. The number of nitrogens with zero attached hydrogens (tertiary/aromatic N) is 1. The van der Waals surface area contributed by atoms with Gasteiger partial charge in [-0.15, -0.1) is 0 Å². The third-order valence-corrected chi connectivity index (χ3v) is 2.56. The van der Waals surface area contributed by atoms with Crippen LogP contribution in [-0.2, 0) is 4.74 Å². The van der Waals surface area contributed by atoms with Gasteiger partial charge in [-0.25, -0.2) is 4.99 Å². The number of para-hydroxylation sites is 1. The van der Waals surface area contributed by atoms with Crippen LogP contribution in [0, 0.1) is 0 Å². The summed E-state index contributed by atoms with van der Waals surface area (Å²) in [6.07, 6.45) is 4.06. The number of hydrogen-bond donors (Lipinski definition) is 1. The molecule has 1 fully saturated rings. The van der Waals surface area contributed by atoms with Crippen LogP contribution < -0.4 is 5.32 Å². The predicted molar refractivity (Wildman–Crippen MR) is 70.1 cm³/mol. The van der Waals surface area contributed by atoms with Crippen molar-refractivity contribution in [2.45, 2.75) is 18.9 Å². The van der Waals surface area contributed by atoms with E-state index >= 15 is 0 Å². The van der Waals surface area contributed by atoms with Crippen LogP contribution >= 0.6 is 12.2 Å². The lowest BCUT2D eigenvalue weighted by Crippen LogP contribution is -2.11. The molecule has 1 saturated heterocycles. The summed E-state index contributed by atoms with van der Waals surface area (Å²) in [5.41, 5.74) is 0.956. The van der Waals surface area contributed by atoms with E-state index in [0.29, 0.717) is 5.11 Å². The fraction of sp³-hybridized carbons (Fsp3) is 0.333. The third kappa shape index (κ3) is 3.40. The van der Waals surface area contributed by atoms with Gasteiger partial charge in [0, 0.05) is 18.5 Å². The SMILES string of the molecule is S=C(N=CC1CCCO1)Nc1ccccc1. The van der Waals surface area contributed by atoms with E-state index in [2.05, 4.69) is 10.3 Å². The maximum Gasteiger partial charge on any atom is 0.196 e. The average molecular weight is 234 g/mol. The first-order valence-corrected chi connectivity index (χ1v) is 5.77. The summed E-state index contributed by atoms with van der Waals surface area (Å²) < 4.78 is 5.42. The normalized spacial score (nSPS) is 20.1. The van der Waals surface area contributed by atoms with Crippen molar-refractivity contribution >= 4 is 29.2 Å². The third-order valence-electron chi connectivity index (χ3n) is 2.35. The first kappa shape index (κ1) is 11.2. The summed E-state index contributed by atoms with van der Waals surface area (Å²) in [6, 6.07) is 9.77. The minimum atomic E-state index is 0.135. The number of benzene rings is 1. The Morgan fingerprint density at radius 2 is 2.25 bits per heavy atom. The van der Waals surface area contributed by atoms with Gasteiger partial charge in [0.1, 0.15) is 0 Å². The molecule has 1 N–H and O–H groups in total. The molecule has 84 valence electrons. The molecule has 2 rings (SSSR count). The molecule has 0 amide bonds. The van der Waals surface area contributed by atoms with Gasteiger partial charge < -0.3 is 10.1 Å². The van der Waals surface area contributed by atoms with Crippen molar-refractivity contribution in [2.75, 3.05) is 11.9 Å². The van der Waals surface area contributed by atoms with Gasteiger partial charge in [-0.3, -0.25) is 0 Å². The first-order valence-electron chi connectivity index (χ1n) is 5.36. The van der Waals surface area contributed by atoms with E-state index in [1.54, 1.807) is 6.21 Å². The molecule has 0 aliphatic carbocycles. The molecule has 1 atom stereocenters. The number of hydrogen-bond acceptors (Lipinski definition) is 2. The van der Waals surface area contributed by atoms with Gasteiger partial charge in [0.25, 0.3) is 0 Å². The average Bonchev–Trinajstić information content (AvgIpc) is 2.81. The van der Waals surface area contributed by atoms with E-state index in [0.717, 1.165) is 25.1 Å². The predicted octanol–water partition coefficient (Wildman–Crippen LogP) is 2.63. The zero-order valence-corrected chi connectivity index (χ0v) is 9.74. The highest BCUT2D eigenvalue weighted by atomic mass is 32.1. The van der Waals surface area contributed by atoms with Crippen molar-refractivity contribution in [1.29, 1.82) is 0 Å². The molecule has 1 aliphatic heterocycles. The summed E-state index contributed by atoms with van der Waals surface area (Å²) in [7, 11) is 0. The monoisotopic (exact) mass is 234 g/mol. The Morgan fingerprint density at radius 1 is 1.44 bits per heavy atom. The van der Waals surface area contributed by atoms with Gasteiger partial charge in [0.05, 0.1) is 6.10 Å². The fourth-order valence-corrected chi connectivity index (χ4v) is 1.73. The molecule has 0 spiro atoms. The van der Waals surface area contributed by atoms with Gasteiger partial charge in [-0.05, 0) is 37.2 Å². The van der Waals surface area contributed by atoms with Crippen LogP contribution in [0.15, 0.2) is 35.3 Å².